The lowest BCUT2D eigenvalue weighted by atomic mass is 9.73. The average molecular weight is 287 g/mol. The summed E-state index contributed by atoms with van der Waals surface area (Å²) in [5, 5.41) is 8.22. The summed E-state index contributed by atoms with van der Waals surface area (Å²) in [4.78, 5) is 14.5. The lowest BCUT2D eigenvalue weighted by Crippen LogP contribution is -2.33. The number of likely N-dealkylation sites (tertiary alicyclic amines) is 1. The standard InChI is InChI=1S/C17H25N3O/c1-2-3-10-17(18-19-17)11-7-15(21)20-13-12-16(14-20)8-5-4-6-9-16/h1H,3-14H2. The van der Waals surface area contributed by atoms with E-state index in [-0.39, 0.29) is 11.6 Å². The minimum absolute atomic E-state index is 0.287. The summed E-state index contributed by atoms with van der Waals surface area (Å²) in [5.41, 5.74) is 0.133. The molecule has 114 valence electrons. The number of carbonyl (C=O) groups is 1. The first-order chi connectivity index (χ1) is 10.2. The van der Waals surface area contributed by atoms with Gasteiger partial charge in [-0.2, -0.15) is 10.2 Å². The minimum atomic E-state index is -0.315. The van der Waals surface area contributed by atoms with E-state index >= 15 is 0 Å². The topological polar surface area (TPSA) is 45.0 Å². The van der Waals surface area contributed by atoms with Crippen LogP contribution in [-0.4, -0.2) is 29.6 Å². The second-order valence-corrected chi connectivity index (χ2v) is 7.01. The van der Waals surface area contributed by atoms with Gasteiger partial charge in [-0.15, -0.1) is 12.3 Å². The van der Waals surface area contributed by atoms with Crippen molar-refractivity contribution in [3.05, 3.63) is 0 Å². The highest BCUT2D eigenvalue weighted by molar-refractivity contribution is 5.76. The van der Waals surface area contributed by atoms with Gasteiger partial charge in [0, 0.05) is 38.8 Å². The van der Waals surface area contributed by atoms with Crippen LogP contribution in [0.2, 0.25) is 0 Å². The minimum Gasteiger partial charge on any atom is -0.342 e. The Morgan fingerprint density at radius 1 is 1.14 bits per heavy atom. The molecule has 4 heteroatoms. The zero-order valence-electron chi connectivity index (χ0n) is 12.8. The quantitative estimate of drug-likeness (QED) is 0.713. The van der Waals surface area contributed by atoms with Crippen LogP contribution in [-0.2, 0) is 4.79 Å². The Morgan fingerprint density at radius 2 is 1.90 bits per heavy atom. The van der Waals surface area contributed by atoms with Gasteiger partial charge in [-0.25, -0.2) is 0 Å². The van der Waals surface area contributed by atoms with Gasteiger partial charge in [0.15, 0.2) is 5.66 Å². The fourth-order valence-corrected chi connectivity index (χ4v) is 3.99. The third-order valence-electron chi connectivity index (χ3n) is 5.50. The maximum Gasteiger partial charge on any atom is 0.222 e. The highest BCUT2D eigenvalue weighted by Crippen LogP contribution is 2.44. The van der Waals surface area contributed by atoms with E-state index in [1.807, 2.05) is 0 Å². The van der Waals surface area contributed by atoms with Gasteiger partial charge < -0.3 is 4.90 Å². The molecule has 3 rings (SSSR count). The van der Waals surface area contributed by atoms with Crippen molar-refractivity contribution in [3.63, 3.8) is 0 Å². The largest absolute Gasteiger partial charge is 0.342 e. The maximum atomic E-state index is 12.4. The first-order valence-electron chi connectivity index (χ1n) is 8.32. The molecule has 0 radical (unpaired) electrons. The highest BCUT2D eigenvalue weighted by atomic mass is 16.2. The average Bonchev–Trinajstić information content (AvgIpc) is 3.18. The lowest BCUT2D eigenvalue weighted by molar-refractivity contribution is -0.131. The number of hydrogen-bond acceptors (Lipinski definition) is 3. The molecule has 0 aromatic carbocycles. The molecule has 0 N–H and O–H groups in total. The van der Waals surface area contributed by atoms with E-state index in [0.717, 1.165) is 25.9 Å². The molecule has 2 heterocycles. The van der Waals surface area contributed by atoms with Crippen molar-refractivity contribution in [1.29, 1.82) is 0 Å². The molecular formula is C17H25N3O. The van der Waals surface area contributed by atoms with Crippen LogP contribution in [0.5, 0.6) is 0 Å². The molecule has 0 aromatic rings. The maximum absolute atomic E-state index is 12.4. The van der Waals surface area contributed by atoms with Crippen LogP contribution in [0.3, 0.4) is 0 Å². The van der Waals surface area contributed by atoms with Crippen molar-refractivity contribution in [2.45, 2.75) is 69.9 Å². The molecule has 0 atom stereocenters. The van der Waals surface area contributed by atoms with Gasteiger partial charge in [0.25, 0.3) is 0 Å². The van der Waals surface area contributed by atoms with E-state index in [1.165, 1.54) is 38.5 Å². The summed E-state index contributed by atoms with van der Waals surface area (Å²) in [7, 11) is 0. The van der Waals surface area contributed by atoms with Crippen LogP contribution in [0.1, 0.15) is 64.2 Å². The van der Waals surface area contributed by atoms with E-state index in [1.54, 1.807) is 0 Å². The van der Waals surface area contributed by atoms with Crippen molar-refractivity contribution in [2.24, 2.45) is 15.6 Å². The van der Waals surface area contributed by atoms with Crippen molar-refractivity contribution in [3.8, 4) is 12.3 Å². The number of nitrogens with zero attached hydrogens (tertiary/aromatic N) is 3. The molecule has 0 bridgehead atoms. The molecule has 1 amide bonds. The predicted octanol–water partition coefficient (Wildman–Crippen LogP) is 3.52. The van der Waals surface area contributed by atoms with E-state index in [4.69, 9.17) is 6.42 Å². The predicted molar refractivity (Wildman–Crippen MR) is 81.6 cm³/mol. The third-order valence-corrected chi connectivity index (χ3v) is 5.50. The van der Waals surface area contributed by atoms with Crippen LogP contribution in [0.25, 0.3) is 0 Å². The van der Waals surface area contributed by atoms with Crippen LogP contribution in [0, 0.1) is 17.8 Å². The van der Waals surface area contributed by atoms with Gasteiger partial charge in [0.2, 0.25) is 5.91 Å². The zero-order valence-corrected chi connectivity index (χ0v) is 12.8. The summed E-state index contributed by atoms with van der Waals surface area (Å²) in [6.07, 6.45) is 16.0. The summed E-state index contributed by atoms with van der Waals surface area (Å²) in [5.74, 6) is 2.92. The van der Waals surface area contributed by atoms with Crippen LogP contribution in [0.4, 0.5) is 0 Å². The smallest absolute Gasteiger partial charge is 0.222 e. The number of amides is 1. The number of carbonyl (C=O) groups excluding carboxylic acids is 1. The molecule has 0 unspecified atom stereocenters. The van der Waals surface area contributed by atoms with Crippen molar-refractivity contribution in [2.75, 3.05) is 13.1 Å². The van der Waals surface area contributed by atoms with E-state index in [0.29, 0.717) is 18.3 Å². The Bertz CT molecular complexity index is 465. The van der Waals surface area contributed by atoms with Crippen molar-refractivity contribution < 1.29 is 4.79 Å². The second kappa shape index (κ2) is 5.79. The summed E-state index contributed by atoms with van der Waals surface area (Å²) in [6, 6.07) is 0. The molecule has 0 aromatic heterocycles. The summed E-state index contributed by atoms with van der Waals surface area (Å²) in [6.45, 7) is 1.93. The Labute approximate surface area is 127 Å². The van der Waals surface area contributed by atoms with Gasteiger partial charge in [0.05, 0.1) is 0 Å². The van der Waals surface area contributed by atoms with Gasteiger partial charge >= 0.3 is 0 Å². The van der Waals surface area contributed by atoms with Crippen LogP contribution < -0.4 is 0 Å². The van der Waals surface area contributed by atoms with Gasteiger partial charge in [0.1, 0.15) is 0 Å². The van der Waals surface area contributed by atoms with Gasteiger partial charge in [-0.3, -0.25) is 4.79 Å². The summed E-state index contributed by atoms with van der Waals surface area (Å²) >= 11 is 0. The third kappa shape index (κ3) is 3.28. The molecule has 4 nitrogen and oxygen atoms in total. The molecule has 2 aliphatic heterocycles. The number of hydrogen-bond donors (Lipinski definition) is 0. The number of terminal acetylenes is 1. The zero-order chi connectivity index (χ0) is 14.8. The molecule has 3 aliphatic rings. The lowest BCUT2D eigenvalue weighted by Gasteiger charge is -2.33. The molecule has 1 aliphatic carbocycles. The van der Waals surface area contributed by atoms with Gasteiger partial charge in [-0.1, -0.05) is 19.3 Å². The fraction of sp³-hybridized carbons (Fsp3) is 0.824. The first kappa shape index (κ1) is 14.6. The number of rotatable bonds is 5. The monoisotopic (exact) mass is 287 g/mol. The Morgan fingerprint density at radius 3 is 2.57 bits per heavy atom. The Kier molecular flexibility index (Phi) is 4.01. The molecule has 1 spiro atoms. The second-order valence-electron chi connectivity index (χ2n) is 7.01. The van der Waals surface area contributed by atoms with E-state index < -0.39 is 0 Å². The van der Waals surface area contributed by atoms with E-state index in [2.05, 4.69) is 21.0 Å². The normalized spacial score (nSPS) is 25.0. The van der Waals surface area contributed by atoms with Crippen LogP contribution >= 0.6 is 0 Å². The summed E-state index contributed by atoms with van der Waals surface area (Å²) < 4.78 is 0. The molecule has 1 saturated heterocycles. The van der Waals surface area contributed by atoms with Gasteiger partial charge in [-0.05, 0) is 24.7 Å². The molecular weight excluding hydrogens is 262 g/mol. The Balaban J connectivity index is 1.45. The van der Waals surface area contributed by atoms with Crippen molar-refractivity contribution in [1.82, 2.24) is 4.90 Å². The first-order valence-corrected chi connectivity index (χ1v) is 8.32. The SMILES string of the molecule is C#CCCC1(CCC(=O)N2CCC3(CCCCC3)C2)N=N1. The molecule has 1 saturated carbocycles. The van der Waals surface area contributed by atoms with E-state index in [9.17, 15) is 4.79 Å². The fourth-order valence-electron chi connectivity index (χ4n) is 3.99. The van der Waals surface area contributed by atoms with Crippen molar-refractivity contribution >= 4 is 5.91 Å². The van der Waals surface area contributed by atoms with Crippen LogP contribution in [0.15, 0.2) is 10.2 Å². The molecule has 2 fully saturated rings. The Hall–Kier alpha value is -1.37. The molecule has 21 heavy (non-hydrogen) atoms. The highest BCUT2D eigenvalue weighted by Gasteiger charge is 2.42.